The van der Waals surface area contributed by atoms with Gasteiger partial charge in [-0.2, -0.15) is 0 Å². The number of hydrogen-bond donors (Lipinski definition) is 1. The average Bonchev–Trinajstić information content (AvgIpc) is 3.32. The van der Waals surface area contributed by atoms with Gasteiger partial charge in [0.05, 0.1) is 17.9 Å². The van der Waals surface area contributed by atoms with Crippen LogP contribution in [-0.2, 0) is 17.9 Å². The lowest BCUT2D eigenvalue weighted by Crippen LogP contribution is -2.35. The topological polar surface area (TPSA) is 71.1 Å². The zero-order valence-corrected chi connectivity index (χ0v) is 20.5. The second-order valence-corrected chi connectivity index (χ2v) is 9.48. The number of aromatic nitrogens is 3. The molecule has 1 aromatic heterocycles. The number of H-pyrrole nitrogens is 1. The number of hydrogen-bond acceptors (Lipinski definition) is 5. The number of carbonyl (C=O) groups is 1. The van der Waals surface area contributed by atoms with Gasteiger partial charge in [0.2, 0.25) is 11.1 Å². The maximum atomic E-state index is 13.5. The van der Waals surface area contributed by atoms with Crippen LogP contribution in [0.2, 0.25) is 5.02 Å². The van der Waals surface area contributed by atoms with Crippen molar-refractivity contribution in [3.05, 3.63) is 95.0 Å². The molecule has 0 aliphatic rings. The molecule has 34 heavy (non-hydrogen) atoms. The van der Waals surface area contributed by atoms with Crippen LogP contribution < -0.4 is 4.74 Å². The van der Waals surface area contributed by atoms with E-state index < -0.39 is 0 Å². The molecule has 0 aliphatic carbocycles. The molecule has 4 aromatic rings. The SMILES string of the molecule is COc1ccc(Cl)cc1-c1nc(SC(C)C(=O)N(Cc2ccccc2)Cc2ccccc2)n[nH]1. The number of methoxy groups -OCH3 is 1. The van der Waals surface area contributed by atoms with Crippen LogP contribution in [0.1, 0.15) is 18.1 Å². The van der Waals surface area contributed by atoms with Crippen LogP contribution in [0.25, 0.3) is 11.4 Å². The van der Waals surface area contributed by atoms with Crippen molar-refractivity contribution in [2.75, 3.05) is 7.11 Å². The number of nitrogens with zero attached hydrogens (tertiary/aromatic N) is 3. The van der Waals surface area contributed by atoms with Crippen molar-refractivity contribution in [3.8, 4) is 17.1 Å². The predicted molar refractivity (Wildman–Crippen MR) is 136 cm³/mol. The number of ether oxygens (including phenoxy) is 1. The highest BCUT2D eigenvalue weighted by Crippen LogP contribution is 2.32. The molecular weight excluding hydrogens is 468 g/mol. The molecule has 4 rings (SSSR count). The van der Waals surface area contributed by atoms with Crippen molar-refractivity contribution < 1.29 is 9.53 Å². The normalized spacial score (nSPS) is 11.7. The summed E-state index contributed by atoms with van der Waals surface area (Å²) >= 11 is 7.47. The third-order valence-electron chi connectivity index (χ3n) is 5.26. The Morgan fingerprint density at radius 2 is 1.65 bits per heavy atom. The molecule has 0 spiro atoms. The van der Waals surface area contributed by atoms with Crippen LogP contribution in [0.5, 0.6) is 5.75 Å². The summed E-state index contributed by atoms with van der Waals surface area (Å²) in [6.45, 7) is 2.93. The van der Waals surface area contributed by atoms with E-state index in [-0.39, 0.29) is 11.2 Å². The van der Waals surface area contributed by atoms with E-state index in [0.717, 1.165) is 11.1 Å². The molecular formula is C26H25ClN4O2S. The van der Waals surface area contributed by atoms with Gasteiger partial charge < -0.3 is 9.64 Å². The maximum Gasteiger partial charge on any atom is 0.236 e. The molecule has 0 saturated heterocycles. The number of thioether (sulfide) groups is 1. The molecule has 1 amide bonds. The van der Waals surface area contributed by atoms with Crippen molar-refractivity contribution in [1.82, 2.24) is 20.1 Å². The van der Waals surface area contributed by atoms with Gasteiger partial charge in [0.1, 0.15) is 5.75 Å². The van der Waals surface area contributed by atoms with Crippen molar-refractivity contribution in [3.63, 3.8) is 0 Å². The van der Waals surface area contributed by atoms with Gasteiger partial charge in [-0.05, 0) is 36.2 Å². The number of nitrogens with one attached hydrogen (secondary N) is 1. The molecule has 1 atom stereocenters. The number of amides is 1. The Bertz CT molecular complexity index is 1190. The van der Waals surface area contributed by atoms with Crippen LogP contribution in [-0.4, -0.2) is 38.3 Å². The Morgan fingerprint density at radius 1 is 1.03 bits per heavy atom. The van der Waals surface area contributed by atoms with E-state index in [1.54, 1.807) is 25.3 Å². The first kappa shape index (κ1) is 23.9. The smallest absolute Gasteiger partial charge is 0.236 e. The van der Waals surface area contributed by atoms with Gasteiger partial charge in [-0.25, -0.2) is 4.98 Å². The summed E-state index contributed by atoms with van der Waals surface area (Å²) in [7, 11) is 1.59. The van der Waals surface area contributed by atoms with Gasteiger partial charge in [-0.1, -0.05) is 84.0 Å². The van der Waals surface area contributed by atoms with Crippen LogP contribution >= 0.6 is 23.4 Å². The molecule has 174 valence electrons. The van der Waals surface area contributed by atoms with Gasteiger partial charge >= 0.3 is 0 Å². The third-order valence-corrected chi connectivity index (χ3v) is 6.44. The Morgan fingerprint density at radius 3 is 2.24 bits per heavy atom. The summed E-state index contributed by atoms with van der Waals surface area (Å²) < 4.78 is 5.41. The zero-order chi connectivity index (χ0) is 23.9. The van der Waals surface area contributed by atoms with E-state index >= 15 is 0 Å². The number of benzene rings is 3. The van der Waals surface area contributed by atoms with Gasteiger partial charge in [0.25, 0.3) is 0 Å². The quantitative estimate of drug-likeness (QED) is 0.297. The molecule has 0 aliphatic heterocycles. The van der Waals surface area contributed by atoms with Crippen LogP contribution in [0, 0.1) is 0 Å². The molecule has 0 saturated carbocycles. The molecule has 3 aromatic carbocycles. The monoisotopic (exact) mass is 492 g/mol. The van der Waals surface area contributed by atoms with E-state index in [2.05, 4.69) is 15.2 Å². The number of rotatable bonds is 9. The first-order chi connectivity index (χ1) is 16.5. The first-order valence-electron chi connectivity index (χ1n) is 10.8. The Labute approximate surface area is 208 Å². The molecule has 6 nitrogen and oxygen atoms in total. The molecule has 1 unspecified atom stereocenters. The lowest BCUT2D eigenvalue weighted by Gasteiger charge is -2.25. The van der Waals surface area contributed by atoms with Crippen LogP contribution in [0.15, 0.2) is 84.0 Å². The van der Waals surface area contributed by atoms with Gasteiger partial charge in [-0.15, -0.1) is 5.10 Å². The number of aromatic amines is 1. The van der Waals surface area contributed by atoms with Crippen LogP contribution in [0.4, 0.5) is 0 Å². The highest BCUT2D eigenvalue weighted by Gasteiger charge is 2.24. The Kier molecular flexibility index (Phi) is 7.87. The maximum absolute atomic E-state index is 13.5. The lowest BCUT2D eigenvalue weighted by atomic mass is 10.1. The van der Waals surface area contributed by atoms with E-state index in [1.807, 2.05) is 72.5 Å². The Balaban J connectivity index is 1.51. The first-order valence-corrected chi connectivity index (χ1v) is 12.1. The second-order valence-electron chi connectivity index (χ2n) is 7.74. The summed E-state index contributed by atoms with van der Waals surface area (Å²) in [5.74, 6) is 1.19. The molecule has 8 heteroatoms. The molecule has 0 fully saturated rings. The van der Waals surface area contributed by atoms with Gasteiger partial charge in [0, 0.05) is 18.1 Å². The minimum Gasteiger partial charge on any atom is -0.496 e. The fourth-order valence-electron chi connectivity index (χ4n) is 3.57. The second kappa shape index (κ2) is 11.2. The third kappa shape index (κ3) is 5.98. The van der Waals surface area contributed by atoms with E-state index in [1.165, 1.54) is 11.8 Å². The van der Waals surface area contributed by atoms with E-state index in [4.69, 9.17) is 16.3 Å². The summed E-state index contributed by atoms with van der Waals surface area (Å²) in [5, 5.41) is 7.91. The van der Waals surface area contributed by atoms with Crippen molar-refractivity contribution in [2.24, 2.45) is 0 Å². The summed E-state index contributed by atoms with van der Waals surface area (Å²) in [4.78, 5) is 19.9. The van der Waals surface area contributed by atoms with Gasteiger partial charge in [-0.3, -0.25) is 9.89 Å². The largest absolute Gasteiger partial charge is 0.496 e. The predicted octanol–water partition coefficient (Wildman–Crippen LogP) is 5.84. The molecule has 1 N–H and O–H groups in total. The fraction of sp³-hybridized carbons (Fsp3) is 0.192. The minimum absolute atomic E-state index is 0.0180. The van der Waals surface area contributed by atoms with Crippen molar-refractivity contribution in [2.45, 2.75) is 30.4 Å². The average molecular weight is 493 g/mol. The summed E-state index contributed by atoms with van der Waals surface area (Å²) in [6, 6.07) is 25.3. The highest BCUT2D eigenvalue weighted by molar-refractivity contribution is 8.00. The van der Waals surface area contributed by atoms with Crippen molar-refractivity contribution >= 4 is 29.3 Å². The van der Waals surface area contributed by atoms with Gasteiger partial charge in [0.15, 0.2) is 5.82 Å². The fourth-order valence-corrected chi connectivity index (χ4v) is 4.55. The summed E-state index contributed by atoms with van der Waals surface area (Å²) in [6.07, 6.45) is 0. The molecule has 0 radical (unpaired) electrons. The van der Waals surface area contributed by atoms with E-state index in [0.29, 0.717) is 40.4 Å². The highest BCUT2D eigenvalue weighted by atomic mass is 35.5. The Hall–Kier alpha value is -3.29. The summed E-state index contributed by atoms with van der Waals surface area (Å²) in [5.41, 5.74) is 2.87. The van der Waals surface area contributed by atoms with E-state index in [9.17, 15) is 4.79 Å². The molecule has 1 heterocycles. The lowest BCUT2D eigenvalue weighted by molar-refractivity contribution is -0.131. The standard InChI is InChI=1S/C26H25ClN4O2S/c1-18(34-26-28-24(29-30-26)22-15-21(27)13-14-23(22)33-2)25(32)31(16-19-9-5-3-6-10-19)17-20-11-7-4-8-12-20/h3-15,18H,16-17H2,1-2H3,(H,28,29,30). The number of halogens is 1. The van der Waals surface area contributed by atoms with Crippen molar-refractivity contribution in [1.29, 1.82) is 0 Å². The zero-order valence-electron chi connectivity index (χ0n) is 18.9. The minimum atomic E-state index is -0.377. The number of carbonyl (C=O) groups excluding carboxylic acids is 1. The van der Waals surface area contributed by atoms with Crippen LogP contribution in [0.3, 0.4) is 0 Å². The molecule has 0 bridgehead atoms.